The van der Waals surface area contributed by atoms with E-state index in [1.54, 1.807) is 0 Å². The molecule has 3 aromatic heterocycles. The second-order valence-corrected chi connectivity index (χ2v) is 7.32. The van der Waals surface area contributed by atoms with Gasteiger partial charge in [0, 0.05) is 61.6 Å². The van der Waals surface area contributed by atoms with Crippen molar-refractivity contribution in [1.29, 1.82) is 0 Å². The summed E-state index contributed by atoms with van der Waals surface area (Å²) in [4.78, 5) is 11.9. The van der Waals surface area contributed by atoms with Crippen molar-refractivity contribution in [3.63, 3.8) is 0 Å². The molecule has 5 heteroatoms. The van der Waals surface area contributed by atoms with Crippen molar-refractivity contribution in [3.8, 4) is 11.1 Å². The highest BCUT2D eigenvalue weighted by molar-refractivity contribution is 5.78. The van der Waals surface area contributed by atoms with Crippen LogP contribution in [-0.4, -0.2) is 31.2 Å². The van der Waals surface area contributed by atoms with Gasteiger partial charge in [0.1, 0.15) is 0 Å². The Morgan fingerprint density at radius 2 is 1.96 bits per heavy atom. The monoisotopic (exact) mass is 369 g/mol. The maximum absolute atomic E-state index is 4.81. The topological polar surface area (TPSA) is 46.8 Å². The van der Waals surface area contributed by atoms with Crippen molar-refractivity contribution in [2.24, 2.45) is 0 Å². The molecule has 1 aliphatic rings. The van der Waals surface area contributed by atoms with E-state index in [9.17, 15) is 0 Å². The second-order valence-electron chi connectivity index (χ2n) is 7.32. The number of nitrogens with zero attached hydrogens (tertiary/aromatic N) is 5. The minimum atomic E-state index is 0.887. The first-order valence-corrected chi connectivity index (χ1v) is 9.87. The molecule has 0 atom stereocenters. The van der Waals surface area contributed by atoms with Crippen LogP contribution in [0, 0.1) is 0 Å². The Morgan fingerprint density at radius 1 is 1.04 bits per heavy atom. The lowest BCUT2D eigenvalue weighted by atomic mass is 10.0. The summed E-state index contributed by atoms with van der Waals surface area (Å²) in [6.45, 7) is 5.81. The first kappa shape index (κ1) is 17.1. The van der Waals surface area contributed by atoms with Gasteiger partial charge in [-0.1, -0.05) is 24.3 Å². The molecule has 0 N–H and O–H groups in total. The van der Waals surface area contributed by atoms with E-state index in [4.69, 9.17) is 4.98 Å². The Hall–Kier alpha value is -3.05. The first-order chi connectivity index (χ1) is 13.8. The third kappa shape index (κ3) is 3.18. The number of benzene rings is 1. The van der Waals surface area contributed by atoms with Gasteiger partial charge in [-0.25, -0.2) is 0 Å². The molecule has 0 amide bonds. The molecule has 28 heavy (non-hydrogen) atoms. The lowest BCUT2D eigenvalue weighted by molar-refractivity contribution is 0.286. The standard InChI is InChI=1S/C23H23N5/c1-2-28-14-18(13-25-28)20-9-11-24-23-16-27(15-21(20)23)12-10-19-8-7-17-5-3-4-6-22(17)26-19/h3-9,11,13-14H,2,10,12,15-16H2,1H3. The highest BCUT2D eigenvalue weighted by Crippen LogP contribution is 2.31. The van der Waals surface area contributed by atoms with Crippen LogP contribution >= 0.6 is 0 Å². The van der Waals surface area contributed by atoms with E-state index >= 15 is 0 Å². The summed E-state index contributed by atoms with van der Waals surface area (Å²) in [6.07, 6.45) is 6.95. The van der Waals surface area contributed by atoms with Crippen molar-refractivity contribution in [1.82, 2.24) is 24.6 Å². The summed E-state index contributed by atoms with van der Waals surface area (Å²) in [7, 11) is 0. The fourth-order valence-electron chi connectivity index (χ4n) is 3.96. The van der Waals surface area contributed by atoms with Crippen LogP contribution in [0.2, 0.25) is 0 Å². The molecule has 0 saturated carbocycles. The lowest BCUT2D eigenvalue weighted by Gasteiger charge is -2.14. The maximum Gasteiger partial charge on any atom is 0.0705 e. The van der Waals surface area contributed by atoms with Crippen molar-refractivity contribution < 1.29 is 0 Å². The minimum Gasteiger partial charge on any atom is -0.293 e. The molecule has 1 aromatic carbocycles. The van der Waals surface area contributed by atoms with E-state index in [1.807, 2.05) is 23.1 Å². The summed E-state index contributed by atoms with van der Waals surface area (Å²) >= 11 is 0. The molecule has 4 aromatic rings. The third-order valence-corrected chi connectivity index (χ3v) is 5.51. The first-order valence-electron chi connectivity index (χ1n) is 9.87. The maximum atomic E-state index is 4.81. The second kappa shape index (κ2) is 7.17. The van der Waals surface area contributed by atoms with Crippen molar-refractivity contribution in [2.45, 2.75) is 33.0 Å². The Kier molecular flexibility index (Phi) is 4.37. The predicted octanol–water partition coefficient (Wildman–Crippen LogP) is 4.07. The van der Waals surface area contributed by atoms with Crippen LogP contribution < -0.4 is 0 Å². The van der Waals surface area contributed by atoms with Gasteiger partial charge in [0.25, 0.3) is 0 Å². The predicted molar refractivity (Wildman–Crippen MR) is 111 cm³/mol. The van der Waals surface area contributed by atoms with E-state index < -0.39 is 0 Å². The highest BCUT2D eigenvalue weighted by Gasteiger charge is 2.23. The molecule has 5 rings (SSSR count). The molecule has 0 saturated heterocycles. The van der Waals surface area contributed by atoms with Crippen LogP contribution in [0.3, 0.4) is 0 Å². The van der Waals surface area contributed by atoms with Crippen molar-refractivity contribution >= 4 is 10.9 Å². The molecule has 5 nitrogen and oxygen atoms in total. The molecule has 4 heterocycles. The minimum absolute atomic E-state index is 0.887. The number of aromatic nitrogens is 4. The molecule has 0 aliphatic carbocycles. The van der Waals surface area contributed by atoms with Gasteiger partial charge in [0.15, 0.2) is 0 Å². The SMILES string of the molecule is CCn1cc(-c2ccnc3c2CN(CCc2ccc4ccccc4n2)C3)cn1. The molecular weight excluding hydrogens is 346 g/mol. The van der Waals surface area contributed by atoms with E-state index in [1.165, 1.54) is 27.8 Å². The number of hydrogen-bond donors (Lipinski definition) is 0. The van der Waals surface area contributed by atoms with Gasteiger partial charge in [0.2, 0.25) is 0 Å². The molecular formula is C23H23N5. The Bertz CT molecular complexity index is 1130. The Labute approximate surface area is 164 Å². The summed E-state index contributed by atoms with van der Waals surface area (Å²) in [5.41, 5.74) is 7.18. The molecule has 0 unspecified atom stereocenters. The number of para-hydroxylation sites is 1. The zero-order valence-corrected chi connectivity index (χ0v) is 16.0. The number of pyridine rings is 2. The fraction of sp³-hybridized carbons (Fsp3) is 0.261. The van der Waals surface area contributed by atoms with Gasteiger partial charge in [-0.15, -0.1) is 0 Å². The van der Waals surface area contributed by atoms with Gasteiger partial charge in [-0.2, -0.15) is 5.10 Å². The summed E-state index contributed by atoms with van der Waals surface area (Å²) < 4.78 is 1.97. The van der Waals surface area contributed by atoms with Gasteiger partial charge in [-0.05, 0) is 36.2 Å². The number of rotatable bonds is 5. The third-order valence-electron chi connectivity index (χ3n) is 5.51. The van der Waals surface area contributed by atoms with E-state index in [-0.39, 0.29) is 0 Å². The van der Waals surface area contributed by atoms with E-state index in [2.05, 4.69) is 64.5 Å². The quantitative estimate of drug-likeness (QED) is 0.532. The Morgan fingerprint density at radius 3 is 2.86 bits per heavy atom. The molecule has 1 aliphatic heterocycles. The molecule has 0 fully saturated rings. The smallest absolute Gasteiger partial charge is 0.0705 e. The summed E-state index contributed by atoms with van der Waals surface area (Å²) in [5.74, 6) is 0. The van der Waals surface area contributed by atoms with Crippen LogP contribution in [0.5, 0.6) is 0 Å². The average Bonchev–Trinajstić information content (AvgIpc) is 3.38. The molecule has 140 valence electrons. The van der Waals surface area contributed by atoms with Gasteiger partial charge in [-0.3, -0.25) is 19.5 Å². The molecule has 0 radical (unpaired) electrons. The zero-order valence-electron chi connectivity index (χ0n) is 16.0. The Balaban J connectivity index is 1.32. The number of fused-ring (bicyclic) bond motifs is 2. The summed E-state index contributed by atoms with van der Waals surface area (Å²) in [6, 6.07) is 14.7. The number of hydrogen-bond acceptors (Lipinski definition) is 4. The van der Waals surface area contributed by atoms with Crippen LogP contribution in [0.15, 0.2) is 61.1 Å². The molecule has 0 bridgehead atoms. The van der Waals surface area contributed by atoms with Crippen LogP contribution in [-0.2, 0) is 26.1 Å². The van der Waals surface area contributed by atoms with Crippen LogP contribution in [0.25, 0.3) is 22.0 Å². The fourth-order valence-corrected chi connectivity index (χ4v) is 3.96. The van der Waals surface area contributed by atoms with Crippen molar-refractivity contribution in [2.75, 3.05) is 6.54 Å². The molecule has 0 spiro atoms. The highest BCUT2D eigenvalue weighted by atomic mass is 15.3. The number of aryl methyl sites for hydroxylation is 1. The normalized spacial score (nSPS) is 13.9. The van der Waals surface area contributed by atoms with Crippen LogP contribution in [0.4, 0.5) is 0 Å². The van der Waals surface area contributed by atoms with Gasteiger partial charge >= 0.3 is 0 Å². The van der Waals surface area contributed by atoms with Gasteiger partial charge in [0.05, 0.1) is 17.4 Å². The van der Waals surface area contributed by atoms with E-state index in [0.29, 0.717) is 0 Å². The lowest BCUT2D eigenvalue weighted by Crippen LogP contribution is -2.20. The average molecular weight is 369 g/mol. The van der Waals surface area contributed by atoms with Gasteiger partial charge < -0.3 is 0 Å². The van der Waals surface area contributed by atoms with Crippen LogP contribution in [0.1, 0.15) is 23.9 Å². The zero-order chi connectivity index (χ0) is 18.9. The summed E-state index contributed by atoms with van der Waals surface area (Å²) in [5, 5.41) is 5.63. The van der Waals surface area contributed by atoms with Crippen molar-refractivity contribution in [3.05, 3.63) is 78.0 Å². The van der Waals surface area contributed by atoms with E-state index in [0.717, 1.165) is 43.8 Å². The largest absolute Gasteiger partial charge is 0.293 e.